The highest BCUT2D eigenvalue weighted by atomic mass is 19.2. The number of nitrogens with one attached hydrogen (secondary N) is 1. The summed E-state index contributed by atoms with van der Waals surface area (Å²) in [5.74, 6) is -2.08. The Morgan fingerprint density at radius 2 is 1.78 bits per heavy atom. The average Bonchev–Trinajstić information content (AvgIpc) is 2.48. The molecule has 1 aliphatic rings. The lowest BCUT2D eigenvalue weighted by molar-refractivity contribution is -0.122. The van der Waals surface area contributed by atoms with Crippen LogP contribution in [0.15, 0.2) is 36.4 Å². The molecule has 0 aliphatic carbocycles. The van der Waals surface area contributed by atoms with Crippen molar-refractivity contribution in [3.8, 4) is 0 Å². The zero-order valence-electron chi connectivity index (χ0n) is 13.3. The number of carbonyl (C=O) groups excluding carboxylic acids is 1. The lowest BCUT2D eigenvalue weighted by Gasteiger charge is -2.40. The monoisotopic (exact) mass is 316 g/mol. The van der Waals surface area contributed by atoms with Crippen molar-refractivity contribution in [1.29, 1.82) is 0 Å². The largest absolute Gasteiger partial charge is 0.370 e. The molecule has 0 saturated heterocycles. The molecule has 1 aliphatic heterocycles. The summed E-state index contributed by atoms with van der Waals surface area (Å²) in [6.07, 6.45) is 0. The number of anilines is 2. The molecule has 2 aromatic carbocycles. The molecule has 5 heteroatoms. The molecule has 0 unspecified atom stereocenters. The van der Waals surface area contributed by atoms with Crippen LogP contribution >= 0.6 is 0 Å². The topological polar surface area (TPSA) is 32.3 Å². The Morgan fingerprint density at radius 1 is 1.13 bits per heavy atom. The number of aryl methyl sites for hydroxylation is 1. The minimum atomic E-state index is -0.965. The third-order valence-corrected chi connectivity index (χ3v) is 4.15. The van der Waals surface area contributed by atoms with Gasteiger partial charge in [-0.25, -0.2) is 8.78 Å². The smallest absolute Gasteiger partial charge is 0.252 e. The van der Waals surface area contributed by atoms with Crippen LogP contribution in [0, 0.1) is 18.6 Å². The summed E-state index contributed by atoms with van der Waals surface area (Å²) in [5.41, 5.74) is 1.90. The molecule has 0 atom stereocenters. The van der Waals surface area contributed by atoms with Gasteiger partial charge in [0.25, 0.3) is 5.91 Å². The van der Waals surface area contributed by atoms with Gasteiger partial charge in [0.2, 0.25) is 0 Å². The molecule has 0 fully saturated rings. The SMILES string of the molecule is Cc1ccccc1CN1C(=O)C(C)(C)Nc2cc(F)c(F)cc21. The van der Waals surface area contributed by atoms with Gasteiger partial charge in [0.05, 0.1) is 17.9 Å². The molecule has 2 aromatic rings. The summed E-state index contributed by atoms with van der Waals surface area (Å²) in [6, 6.07) is 9.88. The number of fused-ring (bicyclic) bond motifs is 1. The van der Waals surface area contributed by atoms with Gasteiger partial charge in [0, 0.05) is 12.1 Å². The number of nitrogens with zero attached hydrogens (tertiary/aromatic N) is 1. The maximum absolute atomic E-state index is 13.7. The molecule has 1 heterocycles. The van der Waals surface area contributed by atoms with Gasteiger partial charge in [-0.05, 0) is 31.9 Å². The van der Waals surface area contributed by atoms with Crippen molar-refractivity contribution < 1.29 is 13.6 Å². The van der Waals surface area contributed by atoms with Crippen molar-refractivity contribution in [3.05, 3.63) is 59.2 Å². The van der Waals surface area contributed by atoms with E-state index in [2.05, 4.69) is 5.32 Å². The van der Waals surface area contributed by atoms with Gasteiger partial charge in [-0.15, -0.1) is 0 Å². The average molecular weight is 316 g/mol. The van der Waals surface area contributed by atoms with Crippen LogP contribution in [0.5, 0.6) is 0 Å². The summed E-state index contributed by atoms with van der Waals surface area (Å²) in [4.78, 5) is 14.3. The molecule has 0 bridgehead atoms. The quantitative estimate of drug-likeness (QED) is 0.908. The van der Waals surface area contributed by atoms with E-state index in [-0.39, 0.29) is 5.91 Å². The maximum atomic E-state index is 13.7. The molecule has 0 radical (unpaired) electrons. The molecule has 0 aromatic heterocycles. The van der Waals surface area contributed by atoms with E-state index in [1.807, 2.05) is 31.2 Å². The van der Waals surface area contributed by atoms with E-state index in [1.165, 1.54) is 4.90 Å². The third-order valence-electron chi connectivity index (χ3n) is 4.15. The zero-order chi connectivity index (χ0) is 16.8. The first-order valence-corrected chi connectivity index (χ1v) is 7.43. The number of carbonyl (C=O) groups is 1. The lowest BCUT2D eigenvalue weighted by Crippen LogP contribution is -2.53. The van der Waals surface area contributed by atoms with Crippen LogP contribution in [0.2, 0.25) is 0 Å². The molecule has 1 amide bonds. The van der Waals surface area contributed by atoms with Gasteiger partial charge in [0.1, 0.15) is 5.54 Å². The van der Waals surface area contributed by atoms with Crippen LogP contribution in [0.25, 0.3) is 0 Å². The van der Waals surface area contributed by atoms with Crippen molar-refractivity contribution in [2.75, 3.05) is 10.2 Å². The van der Waals surface area contributed by atoms with Crippen molar-refractivity contribution in [3.63, 3.8) is 0 Å². The van der Waals surface area contributed by atoms with Crippen molar-refractivity contribution in [2.45, 2.75) is 32.9 Å². The normalized spacial score (nSPS) is 16.0. The van der Waals surface area contributed by atoms with E-state index in [1.54, 1.807) is 13.8 Å². The number of hydrogen-bond donors (Lipinski definition) is 1. The second-order valence-electron chi connectivity index (χ2n) is 6.35. The van der Waals surface area contributed by atoms with Crippen LogP contribution in [0.4, 0.5) is 20.2 Å². The fourth-order valence-corrected chi connectivity index (χ4v) is 2.81. The molecule has 3 rings (SSSR count). The highest BCUT2D eigenvalue weighted by Gasteiger charge is 2.39. The fourth-order valence-electron chi connectivity index (χ4n) is 2.81. The minimum Gasteiger partial charge on any atom is -0.370 e. The fraction of sp³-hybridized carbons (Fsp3) is 0.278. The van der Waals surface area contributed by atoms with E-state index >= 15 is 0 Å². The molecule has 23 heavy (non-hydrogen) atoms. The summed E-state index contributed by atoms with van der Waals surface area (Å²) in [5, 5.41) is 2.99. The summed E-state index contributed by atoms with van der Waals surface area (Å²) >= 11 is 0. The summed E-state index contributed by atoms with van der Waals surface area (Å²) in [6.45, 7) is 5.72. The Kier molecular flexibility index (Phi) is 3.59. The maximum Gasteiger partial charge on any atom is 0.252 e. The van der Waals surface area contributed by atoms with Crippen LogP contribution in [0.1, 0.15) is 25.0 Å². The lowest BCUT2D eigenvalue weighted by atomic mass is 9.96. The first-order valence-electron chi connectivity index (χ1n) is 7.43. The zero-order valence-corrected chi connectivity index (χ0v) is 13.3. The predicted octanol–water partition coefficient (Wildman–Crippen LogP) is 4.01. The number of rotatable bonds is 2. The highest BCUT2D eigenvalue weighted by Crippen LogP contribution is 2.37. The second-order valence-corrected chi connectivity index (χ2v) is 6.35. The molecule has 3 nitrogen and oxygen atoms in total. The predicted molar refractivity (Wildman–Crippen MR) is 86.4 cm³/mol. The van der Waals surface area contributed by atoms with Crippen LogP contribution in [0.3, 0.4) is 0 Å². The number of halogens is 2. The minimum absolute atomic E-state index is 0.181. The van der Waals surface area contributed by atoms with Crippen molar-refractivity contribution in [2.24, 2.45) is 0 Å². The van der Waals surface area contributed by atoms with Gasteiger partial charge < -0.3 is 10.2 Å². The van der Waals surface area contributed by atoms with E-state index in [4.69, 9.17) is 0 Å². The second kappa shape index (κ2) is 5.33. The van der Waals surface area contributed by atoms with E-state index in [0.29, 0.717) is 17.9 Å². The Morgan fingerprint density at radius 3 is 2.48 bits per heavy atom. The molecular weight excluding hydrogens is 298 g/mol. The van der Waals surface area contributed by atoms with Gasteiger partial charge in [-0.2, -0.15) is 0 Å². The van der Waals surface area contributed by atoms with Crippen LogP contribution in [-0.4, -0.2) is 11.4 Å². The Labute approximate surface area is 133 Å². The van der Waals surface area contributed by atoms with Crippen molar-refractivity contribution >= 4 is 17.3 Å². The van der Waals surface area contributed by atoms with Crippen LogP contribution in [-0.2, 0) is 11.3 Å². The Balaban J connectivity index is 2.10. The van der Waals surface area contributed by atoms with Crippen molar-refractivity contribution in [1.82, 2.24) is 0 Å². The van der Waals surface area contributed by atoms with Crippen LogP contribution < -0.4 is 10.2 Å². The standard InChI is InChI=1S/C18H18F2N2O/c1-11-6-4-5-7-12(11)10-22-16-9-14(20)13(19)8-15(16)21-18(2,3)17(22)23/h4-9,21H,10H2,1-3H3. The highest BCUT2D eigenvalue weighted by molar-refractivity contribution is 6.07. The summed E-state index contributed by atoms with van der Waals surface area (Å²) in [7, 11) is 0. The van der Waals surface area contributed by atoms with Gasteiger partial charge in [0.15, 0.2) is 11.6 Å². The van der Waals surface area contributed by atoms with E-state index in [0.717, 1.165) is 23.3 Å². The number of benzene rings is 2. The summed E-state index contributed by atoms with van der Waals surface area (Å²) < 4.78 is 27.2. The molecule has 120 valence electrons. The van der Waals surface area contributed by atoms with E-state index < -0.39 is 17.2 Å². The Bertz CT molecular complexity index is 787. The Hall–Kier alpha value is -2.43. The number of hydrogen-bond acceptors (Lipinski definition) is 2. The van der Waals surface area contributed by atoms with Gasteiger partial charge in [-0.3, -0.25) is 4.79 Å². The number of amides is 1. The van der Waals surface area contributed by atoms with E-state index in [9.17, 15) is 13.6 Å². The molecule has 1 N–H and O–H groups in total. The third kappa shape index (κ3) is 2.67. The van der Waals surface area contributed by atoms with Gasteiger partial charge >= 0.3 is 0 Å². The molecule has 0 saturated carbocycles. The van der Waals surface area contributed by atoms with Gasteiger partial charge in [-0.1, -0.05) is 24.3 Å². The first-order chi connectivity index (χ1) is 10.8. The molecule has 0 spiro atoms. The molecular formula is C18H18F2N2O. The first kappa shape index (κ1) is 15.5.